The zero-order valence-electron chi connectivity index (χ0n) is 8.29. The van der Waals surface area contributed by atoms with E-state index in [1.165, 1.54) is 31.3 Å². The van der Waals surface area contributed by atoms with Crippen LogP contribution < -0.4 is 0 Å². The van der Waals surface area contributed by atoms with E-state index in [-0.39, 0.29) is 6.29 Å². The molecule has 2 rings (SSSR count). The monoisotopic (exact) mass is 182 g/mol. The molecule has 0 bridgehead atoms. The van der Waals surface area contributed by atoms with Crippen LogP contribution in [0.15, 0.2) is 12.2 Å². The molecule has 0 N–H and O–H groups in total. The smallest absolute Gasteiger partial charge is 0.157 e. The maximum atomic E-state index is 5.83. The quantitative estimate of drug-likeness (QED) is 0.580. The van der Waals surface area contributed by atoms with Gasteiger partial charge in [0.15, 0.2) is 6.29 Å². The second kappa shape index (κ2) is 3.81. The van der Waals surface area contributed by atoms with Gasteiger partial charge in [-0.05, 0) is 32.1 Å². The fraction of sp³-hybridized carbons (Fsp3) is 0.818. The lowest BCUT2D eigenvalue weighted by Crippen LogP contribution is -2.38. The third kappa shape index (κ3) is 1.79. The van der Waals surface area contributed by atoms with Gasteiger partial charge >= 0.3 is 0 Å². The Kier molecular flexibility index (Phi) is 2.70. The Bertz CT molecular complexity index is 200. The summed E-state index contributed by atoms with van der Waals surface area (Å²) in [7, 11) is 1.72. The Balaban J connectivity index is 1.99. The second-order valence-corrected chi connectivity index (χ2v) is 4.07. The van der Waals surface area contributed by atoms with Crippen molar-refractivity contribution in [1.82, 2.24) is 0 Å². The van der Waals surface area contributed by atoms with Crippen LogP contribution in [0.25, 0.3) is 0 Å². The maximum absolute atomic E-state index is 5.83. The van der Waals surface area contributed by atoms with Crippen molar-refractivity contribution in [2.75, 3.05) is 7.11 Å². The first kappa shape index (κ1) is 9.22. The Hall–Kier alpha value is -0.340. The summed E-state index contributed by atoms with van der Waals surface area (Å²) in [5.41, 5.74) is 1.39. The highest BCUT2D eigenvalue weighted by Gasteiger charge is 2.34. The van der Waals surface area contributed by atoms with Crippen LogP contribution in [-0.4, -0.2) is 19.5 Å². The molecule has 1 aliphatic carbocycles. The molecule has 1 saturated heterocycles. The van der Waals surface area contributed by atoms with Crippen LogP contribution in [0.3, 0.4) is 0 Å². The maximum Gasteiger partial charge on any atom is 0.157 e. The third-order valence-electron chi connectivity index (χ3n) is 3.26. The van der Waals surface area contributed by atoms with Crippen molar-refractivity contribution < 1.29 is 9.47 Å². The molecule has 0 spiro atoms. The molecule has 0 unspecified atom stereocenters. The van der Waals surface area contributed by atoms with E-state index < -0.39 is 0 Å². The van der Waals surface area contributed by atoms with Gasteiger partial charge in [-0.3, -0.25) is 0 Å². The Morgan fingerprint density at radius 2 is 2.23 bits per heavy atom. The van der Waals surface area contributed by atoms with Crippen LogP contribution in [0, 0.1) is 5.92 Å². The lowest BCUT2D eigenvalue weighted by molar-refractivity contribution is -0.197. The van der Waals surface area contributed by atoms with E-state index in [1.807, 2.05) is 0 Å². The molecule has 2 heteroatoms. The van der Waals surface area contributed by atoms with Gasteiger partial charge < -0.3 is 9.47 Å². The molecular formula is C11H18O2. The number of hydrogen-bond acceptors (Lipinski definition) is 2. The van der Waals surface area contributed by atoms with Crippen molar-refractivity contribution in [2.24, 2.45) is 5.92 Å². The van der Waals surface area contributed by atoms with Gasteiger partial charge in [-0.2, -0.15) is 0 Å². The number of fused-ring (bicyclic) bond motifs is 1. The second-order valence-electron chi connectivity index (χ2n) is 4.07. The van der Waals surface area contributed by atoms with E-state index >= 15 is 0 Å². The van der Waals surface area contributed by atoms with Crippen molar-refractivity contribution in [3.8, 4) is 0 Å². The summed E-state index contributed by atoms with van der Waals surface area (Å²) >= 11 is 0. The van der Waals surface area contributed by atoms with Crippen LogP contribution in [-0.2, 0) is 9.47 Å². The topological polar surface area (TPSA) is 18.5 Å². The van der Waals surface area contributed by atoms with Gasteiger partial charge in [-0.15, -0.1) is 0 Å². The van der Waals surface area contributed by atoms with Gasteiger partial charge in [-0.25, -0.2) is 0 Å². The van der Waals surface area contributed by atoms with E-state index in [0.29, 0.717) is 12.0 Å². The van der Waals surface area contributed by atoms with Gasteiger partial charge in [0, 0.05) is 13.0 Å². The molecule has 1 aliphatic heterocycles. The predicted molar refractivity (Wildman–Crippen MR) is 51.4 cm³/mol. The van der Waals surface area contributed by atoms with Gasteiger partial charge in [0.25, 0.3) is 0 Å². The minimum Gasteiger partial charge on any atom is -0.356 e. The average molecular weight is 182 g/mol. The highest BCUT2D eigenvalue weighted by molar-refractivity contribution is 5.08. The highest BCUT2D eigenvalue weighted by Crippen LogP contribution is 2.38. The van der Waals surface area contributed by atoms with Gasteiger partial charge in [0.2, 0.25) is 0 Å². The largest absolute Gasteiger partial charge is 0.356 e. The standard InChI is InChI=1S/C11H18O2/c1-8-4-3-5-10-9(8)6-7-11(12-2)13-10/h9-11H,1,3-7H2,2H3/t9-,10+,11-/m1/s1. The fourth-order valence-electron chi connectivity index (χ4n) is 2.48. The molecule has 3 atom stereocenters. The van der Waals surface area contributed by atoms with Gasteiger partial charge in [0.1, 0.15) is 0 Å². The highest BCUT2D eigenvalue weighted by atomic mass is 16.7. The van der Waals surface area contributed by atoms with Crippen LogP contribution in [0.1, 0.15) is 32.1 Å². The third-order valence-corrected chi connectivity index (χ3v) is 3.26. The van der Waals surface area contributed by atoms with Gasteiger partial charge in [0.05, 0.1) is 6.10 Å². The molecule has 2 fully saturated rings. The summed E-state index contributed by atoms with van der Waals surface area (Å²) in [6.45, 7) is 4.13. The number of hydrogen-bond donors (Lipinski definition) is 0. The van der Waals surface area contributed by atoms with Gasteiger partial charge in [-0.1, -0.05) is 12.2 Å². The van der Waals surface area contributed by atoms with E-state index in [4.69, 9.17) is 9.47 Å². The van der Waals surface area contributed by atoms with E-state index in [1.54, 1.807) is 7.11 Å². The van der Waals surface area contributed by atoms with E-state index in [2.05, 4.69) is 6.58 Å². The minimum absolute atomic E-state index is 0.0344. The van der Waals surface area contributed by atoms with Crippen molar-refractivity contribution in [2.45, 2.75) is 44.5 Å². The molecule has 2 aliphatic rings. The Morgan fingerprint density at radius 3 is 3.00 bits per heavy atom. The SMILES string of the molecule is C=C1CCC[C@@H]2O[C@@H](OC)CC[C@H]12. The Morgan fingerprint density at radius 1 is 1.38 bits per heavy atom. The number of rotatable bonds is 1. The molecule has 2 nitrogen and oxygen atoms in total. The first-order chi connectivity index (χ1) is 6.31. The first-order valence-electron chi connectivity index (χ1n) is 5.17. The Labute approximate surface area is 79.9 Å². The van der Waals surface area contributed by atoms with Crippen molar-refractivity contribution in [3.63, 3.8) is 0 Å². The molecule has 0 aromatic rings. The minimum atomic E-state index is 0.0344. The van der Waals surface area contributed by atoms with Crippen LogP contribution >= 0.6 is 0 Å². The molecule has 0 radical (unpaired) electrons. The fourth-order valence-corrected chi connectivity index (χ4v) is 2.48. The molecule has 0 aromatic carbocycles. The van der Waals surface area contributed by atoms with Crippen LogP contribution in [0.2, 0.25) is 0 Å². The van der Waals surface area contributed by atoms with Crippen molar-refractivity contribution in [3.05, 3.63) is 12.2 Å². The predicted octanol–water partition coefficient (Wildman–Crippen LogP) is 2.49. The molecule has 0 amide bonds. The van der Waals surface area contributed by atoms with E-state index in [0.717, 1.165) is 6.42 Å². The van der Waals surface area contributed by atoms with E-state index in [9.17, 15) is 0 Å². The summed E-state index contributed by atoms with van der Waals surface area (Å²) in [4.78, 5) is 0. The summed E-state index contributed by atoms with van der Waals surface area (Å²) in [5, 5.41) is 0. The molecule has 0 aromatic heterocycles. The lowest BCUT2D eigenvalue weighted by Gasteiger charge is -2.40. The summed E-state index contributed by atoms with van der Waals surface area (Å²) < 4.78 is 11.1. The zero-order valence-corrected chi connectivity index (χ0v) is 8.29. The summed E-state index contributed by atoms with van der Waals surface area (Å²) in [6, 6.07) is 0. The van der Waals surface area contributed by atoms with Crippen LogP contribution in [0.4, 0.5) is 0 Å². The average Bonchev–Trinajstić information content (AvgIpc) is 2.18. The zero-order chi connectivity index (χ0) is 9.26. The number of ether oxygens (including phenoxy) is 2. The van der Waals surface area contributed by atoms with Crippen molar-refractivity contribution in [1.29, 1.82) is 0 Å². The van der Waals surface area contributed by atoms with Crippen LogP contribution in [0.5, 0.6) is 0 Å². The molecule has 1 saturated carbocycles. The molecule has 1 heterocycles. The normalized spacial score (nSPS) is 40.1. The molecule has 74 valence electrons. The lowest BCUT2D eigenvalue weighted by atomic mass is 9.78. The molecule has 13 heavy (non-hydrogen) atoms. The first-order valence-corrected chi connectivity index (χ1v) is 5.17. The summed E-state index contributed by atoms with van der Waals surface area (Å²) in [6.07, 6.45) is 6.26. The number of methoxy groups -OCH3 is 1. The summed E-state index contributed by atoms with van der Waals surface area (Å²) in [5.74, 6) is 0.611. The molecular weight excluding hydrogens is 164 g/mol. The van der Waals surface area contributed by atoms with Crippen molar-refractivity contribution >= 4 is 0 Å².